The monoisotopic (exact) mass is 588 g/mol. The number of nitrogens with zero attached hydrogens (tertiary/aromatic N) is 2. The van der Waals surface area contributed by atoms with E-state index in [1.165, 1.54) is 37.7 Å². The Morgan fingerprint density at radius 3 is 1.91 bits per heavy atom. The standard InChI is InChI=1S/C36H50N2O3.C2H6/c1-5-8-14-30-17-20-33(21-18-30)36(39)38(26-25-37(23-9-6-2)24-10-7-3)28-32-19-22-34(40-4)35(27-32)41-29-31-15-12-11-13-16-31;1-2/h11-13,15-22,27H,5-10,14,23-26,28-29H2,1-4H3;1-2H3. The van der Waals surface area contributed by atoms with Gasteiger partial charge in [0.1, 0.15) is 6.61 Å². The van der Waals surface area contributed by atoms with Crippen molar-refractivity contribution in [3.8, 4) is 11.5 Å². The Balaban J connectivity index is 0.00000316. The van der Waals surface area contributed by atoms with Crippen LogP contribution < -0.4 is 9.47 Å². The summed E-state index contributed by atoms with van der Waals surface area (Å²) >= 11 is 0. The fourth-order valence-corrected chi connectivity index (χ4v) is 4.88. The first-order valence-corrected chi connectivity index (χ1v) is 16.5. The summed E-state index contributed by atoms with van der Waals surface area (Å²) < 4.78 is 11.8. The third-order valence-corrected chi connectivity index (χ3v) is 7.49. The van der Waals surface area contributed by atoms with Crippen LogP contribution in [0.3, 0.4) is 0 Å². The molecule has 3 aromatic rings. The van der Waals surface area contributed by atoms with E-state index in [0.717, 1.165) is 49.2 Å². The average molecular weight is 589 g/mol. The van der Waals surface area contributed by atoms with E-state index in [1.54, 1.807) is 7.11 Å². The van der Waals surface area contributed by atoms with Gasteiger partial charge in [0.2, 0.25) is 0 Å². The van der Waals surface area contributed by atoms with Crippen molar-refractivity contribution in [1.82, 2.24) is 9.80 Å². The zero-order chi connectivity index (χ0) is 31.3. The molecular formula is C38H56N2O3. The maximum Gasteiger partial charge on any atom is 0.254 e. The van der Waals surface area contributed by atoms with Crippen LogP contribution in [-0.2, 0) is 19.6 Å². The Morgan fingerprint density at radius 2 is 1.30 bits per heavy atom. The number of aryl methyl sites for hydroxylation is 1. The zero-order valence-electron chi connectivity index (χ0n) is 27.7. The number of benzene rings is 3. The van der Waals surface area contributed by atoms with E-state index in [-0.39, 0.29) is 5.91 Å². The van der Waals surface area contributed by atoms with Crippen LogP contribution in [-0.4, -0.2) is 49.0 Å². The third-order valence-electron chi connectivity index (χ3n) is 7.49. The van der Waals surface area contributed by atoms with Crippen LogP contribution in [0.1, 0.15) is 100 Å². The molecule has 0 radical (unpaired) electrons. The molecule has 43 heavy (non-hydrogen) atoms. The minimum absolute atomic E-state index is 0.0700. The molecule has 3 rings (SSSR count). The second kappa shape index (κ2) is 21.4. The zero-order valence-corrected chi connectivity index (χ0v) is 27.7. The Bertz CT molecular complexity index is 1140. The van der Waals surface area contributed by atoms with Gasteiger partial charge in [-0.05, 0) is 79.7 Å². The number of unbranched alkanes of at least 4 members (excludes halogenated alkanes) is 3. The molecule has 0 heterocycles. The summed E-state index contributed by atoms with van der Waals surface area (Å²) in [6.45, 7) is 15.3. The molecule has 0 unspecified atom stereocenters. The summed E-state index contributed by atoms with van der Waals surface area (Å²) in [5, 5.41) is 0. The van der Waals surface area contributed by atoms with Crippen molar-refractivity contribution < 1.29 is 14.3 Å². The largest absolute Gasteiger partial charge is 0.493 e. The van der Waals surface area contributed by atoms with Gasteiger partial charge in [0.05, 0.1) is 7.11 Å². The lowest BCUT2D eigenvalue weighted by Gasteiger charge is -2.28. The minimum Gasteiger partial charge on any atom is -0.493 e. The Labute approximate surface area is 262 Å². The second-order valence-corrected chi connectivity index (χ2v) is 10.8. The van der Waals surface area contributed by atoms with Crippen LogP contribution >= 0.6 is 0 Å². The highest BCUT2D eigenvalue weighted by Crippen LogP contribution is 2.29. The molecule has 0 aliphatic carbocycles. The van der Waals surface area contributed by atoms with Gasteiger partial charge in [-0.25, -0.2) is 0 Å². The lowest BCUT2D eigenvalue weighted by molar-refractivity contribution is 0.0720. The summed E-state index contributed by atoms with van der Waals surface area (Å²) in [6.07, 6.45) is 8.09. The first-order chi connectivity index (χ1) is 21.1. The highest BCUT2D eigenvalue weighted by atomic mass is 16.5. The molecule has 0 atom stereocenters. The summed E-state index contributed by atoms with van der Waals surface area (Å²) in [5.74, 6) is 1.45. The Morgan fingerprint density at radius 1 is 0.674 bits per heavy atom. The lowest BCUT2D eigenvalue weighted by Crippen LogP contribution is -2.39. The number of carbonyl (C=O) groups is 1. The quantitative estimate of drug-likeness (QED) is 0.140. The first-order valence-electron chi connectivity index (χ1n) is 16.5. The van der Waals surface area contributed by atoms with Gasteiger partial charge in [-0.1, -0.05) is 102 Å². The van der Waals surface area contributed by atoms with Crippen LogP contribution in [0.2, 0.25) is 0 Å². The molecule has 0 saturated heterocycles. The van der Waals surface area contributed by atoms with Gasteiger partial charge in [0.25, 0.3) is 5.91 Å². The molecule has 0 aliphatic rings. The number of ether oxygens (including phenoxy) is 2. The van der Waals surface area contributed by atoms with Gasteiger partial charge >= 0.3 is 0 Å². The van der Waals surface area contributed by atoms with Crippen LogP contribution in [0.25, 0.3) is 0 Å². The van der Waals surface area contributed by atoms with Crippen molar-refractivity contribution in [2.45, 2.75) is 92.7 Å². The maximum atomic E-state index is 13.9. The summed E-state index contributed by atoms with van der Waals surface area (Å²) in [5.41, 5.74) is 4.15. The number of rotatable bonds is 19. The van der Waals surface area contributed by atoms with Crippen LogP contribution in [0.15, 0.2) is 72.8 Å². The van der Waals surface area contributed by atoms with Crippen molar-refractivity contribution >= 4 is 5.91 Å². The fourth-order valence-electron chi connectivity index (χ4n) is 4.88. The topological polar surface area (TPSA) is 42.0 Å². The summed E-state index contributed by atoms with van der Waals surface area (Å²) in [7, 11) is 1.66. The van der Waals surface area contributed by atoms with Gasteiger partial charge in [-0.3, -0.25) is 4.79 Å². The molecule has 5 nitrogen and oxygen atoms in total. The van der Waals surface area contributed by atoms with Crippen LogP contribution in [0, 0.1) is 0 Å². The number of hydrogen-bond donors (Lipinski definition) is 0. The molecule has 236 valence electrons. The van der Waals surface area contributed by atoms with Gasteiger partial charge in [0.15, 0.2) is 11.5 Å². The van der Waals surface area contributed by atoms with E-state index in [2.05, 4.69) is 37.8 Å². The second-order valence-electron chi connectivity index (χ2n) is 10.8. The van der Waals surface area contributed by atoms with Crippen molar-refractivity contribution in [2.24, 2.45) is 0 Å². The van der Waals surface area contributed by atoms with Crippen molar-refractivity contribution in [3.63, 3.8) is 0 Å². The average Bonchev–Trinajstić information content (AvgIpc) is 3.06. The smallest absolute Gasteiger partial charge is 0.254 e. The molecule has 1 amide bonds. The maximum absolute atomic E-state index is 13.9. The molecule has 0 aromatic heterocycles. The molecule has 0 N–H and O–H groups in total. The molecule has 5 heteroatoms. The molecule has 0 saturated carbocycles. The van der Waals surface area contributed by atoms with E-state index in [4.69, 9.17) is 9.47 Å². The van der Waals surface area contributed by atoms with Crippen molar-refractivity contribution in [3.05, 3.63) is 95.1 Å². The van der Waals surface area contributed by atoms with Crippen LogP contribution in [0.4, 0.5) is 0 Å². The van der Waals surface area contributed by atoms with Gasteiger partial charge < -0.3 is 19.3 Å². The van der Waals surface area contributed by atoms with E-state index in [0.29, 0.717) is 31.2 Å². The van der Waals surface area contributed by atoms with Crippen molar-refractivity contribution in [1.29, 1.82) is 0 Å². The summed E-state index contributed by atoms with van der Waals surface area (Å²) in [4.78, 5) is 18.4. The fraction of sp³-hybridized carbons (Fsp3) is 0.500. The van der Waals surface area contributed by atoms with Gasteiger partial charge in [0, 0.05) is 25.2 Å². The molecule has 0 spiro atoms. The predicted octanol–water partition coefficient (Wildman–Crippen LogP) is 9.19. The number of hydrogen-bond acceptors (Lipinski definition) is 4. The predicted molar refractivity (Wildman–Crippen MR) is 181 cm³/mol. The Hall–Kier alpha value is -3.31. The minimum atomic E-state index is 0.0700. The molecule has 0 bridgehead atoms. The molecule has 0 aliphatic heterocycles. The molecule has 0 fully saturated rings. The molecule has 3 aromatic carbocycles. The van der Waals surface area contributed by atoms with Gasteiger partial charge in [-0.15, -0.1) is 0 Å². The SMILES string of the molecule is CC.CCCCc1ccc(C(=O)N(CCN(CCCC)CCCC)Cc2ccc(OC)c(OCc3ccccc3)c2)cc1. The van der Waals surface area contributed by atoms with E-state index in [1.807, 2.05) is 79.4 Å². The summed E-state index contributed by atoms with van der Waals surface area (Å²) in [6, 6.07) is 24.3. The van der Waals surface area contributed by atoms with E-state index >= 15 is 0 Å². The highest BCUT2D eigenvalue weighted by molar-refractivity contribution is 5.94. The lowest BCUT2D eigenvalue weighted by atomic mass is 10.1. The normalized spacial score (nSPS) is 10.7. The van der Waals surface area contributed by atoms with E-state index in [9.17, 15) is 4.79 Å². The third kappa shape index (κ3) is 12.8. The van der Waals surface area contributed by atoms with Crippen LogP contribution in [0.5, 0.6) is 11.5 Å². The van der Waals surface area contributed by atoms with Gasteiger partial charge in [-0.2, -0.15) is 0 Å². The highest BCUT2D eigenvalue weighted by Gasteiger charge is 2.19. The van der Waals surface area contributed by atoms with E-state index < -0.39 is 0 Å². The molecular weight excluding hydrogens is 532 g/mol. The first kappa shape index (κ1) is 35.9. The number of methoxy groups -OCH3 is 1. The number of carbonyl (C=O) groups excluding carboxylic acids is 1. The number of amides is 1. The van der Waals surface area contributed by atoms with Crippen molar-refractivity contribution in [2.75, 3.05) is 33.3 Å². The Kier molecular flexibility index (Phi) is 17.9.